The van der Waals surface area contributed by atoms with Crippen LogP contribution in [-0.4, -0.2) is 37.4 Å². The fourth-order valence-electron chi connectivity index (χ4n) is 1.74. The number of hydrogen-bond acceptors (Lipinski definition) is 5. The molecular formula is C13H15N3O4. The van der Waals surface area contributed by atoms with Crippen molar-refractivity contribution in [1.29, 1.82) is 0 Å². The van der Waals surface area contributed by atoms with Crippen LogP contribution in [0.5, 0.6) is 11.5 Å². The molecule has 0 aliphatic carbocycles. The zero-order valence-electron chi connectivity index (χ0n) is 11.2. The summed E-state index contributed by atoms with van der Waals surface area (Å²) in [5.74, 6) is -0.0272. The molecular weight excluding hydrogens is 262 g/mol. The Bertz CT molecular complexity index is 583. The first-order valence-electron chi connectivity index (χ1n) is 6.07. The molecule has 0 bridgehead atoms. The van der Waals surface area contributed by atoms with E-state index in [4.69, 9.17) is 15.2 Å². The third kappa shape index (κ3) is 2.62. The Balaban J connectivity index is 2.36. The Kier molecular flexibility index (Phi) is 3.99. The summed E-state index contributed by atoms with van der Waals surface area (Å²) < 4.78 is 10.6. The molecule has 20 heavy (non-hydrogen) atoms. The number of carbonyl (C=O) groups is 2. The summed E-state index contributed by atoms with van der Waals surface area (Å²) in [5, 5.41) is 2.48. The van der Waals surface area contributed by atoms with Crippen molar-refractivity contribution in [2.45, 2.75) is 13.0 Å². The van der Waals surface area contributed by atoms with Crippen molar-refractivity contribution in [3.05, 3.63) is 23.8 Å². The van der Waals surface area contributed by atoms with Gasteiger partial charge in [-0.15, -0.1) is 0 Å². The molecule has 3 N–H and O–H groups in total. The minimum Gasteiger partial charge on any atom is -0.493 e. The maximum Gasteiger partial charge on any atom is 0.274 e. The van der Waals surface area contributed by atoms with Crippen molar-refractivity contribution >= 4 is 17.6 Å². The monoisotopic (exact) mass is 277 g/mol. The average Bonchev–Trinajstić information content (AvgIpc) is 2.45. The van der Waals surface area contributed by atoms with E-state index in [0.29, 0.717) is 23.7 Å². The van der Waals surface area contributed by atoms with E-state index in [1.807, 2.05) is 6.92 Å². The third-order valence-electron chi connectivity index (χ3n) is 2.75. The van der Waals surface area contributed by atoms with Gasteiger partial charge in [0.05, 0.1) is 13.7 Å². The number of rotatable bonds is 4. The number of nitrogens with two attached hydrogens (primary N) is 1. The highest BCUT2D eigenvalue weighted by Gasteiger charge is 2.29. The van der Waals surface area contributed by atoms with Gasteiger partial charge in [-0.3, -0.25) is 9.59 Å². The van der Waals surface area contributed by atoms with Gasteiger partial charge >= 0.3 is 0 Å². The maximum absolute atomic E-state index is 11.5. The second kappa shape index (κ2) is 5.70. The van der Waals surface area contributed by atoms with E-state index in [2.05, 4.69) is 10.3 Å². The lowest BCUT2D eigenvalue weighted by Crippen LogP contribution is -2.52. The minimum atomic E-state index is -1.25. The second-order valence-corrected chi connectivity index (χ2v) is 4.06. The van der Waals surface area contributed by atoms with Gasteiger partial charge in [0, 0.05) is 5.56 Å². The number of aliphatic imine (C=N–C) groups is 1. The highest BCUT2D eigenvalue weighted by atomic mass is 16.5. The third-order valence-corrected chi connectivity index (χ3v) is 2.75. The number of nitrogens with zero attached hydrogens (tertiary/aromatic N) is 1. The number of amides is 2. The molecule has 106 valence electrons. The van der Waals surface area contributed by atoms with E-state index in [1.165, 1.54) is 7.11 Å². The maximum atomic E-state index is 11.5. The number of carbonyl (C=O) groups excluding carboxylic acids is 2. The largest absolute Gasteiger partial charge is 0.493 e. The summed E-state index contributed by atoms with van der Waals surface area (Å²) >= 11 is 0. The van der Waals surface area contributed by atoms with Crippen LogP contribution in [0.1, 0.15) is 12.5 Å². The van der Waals surface area contributed by atoms with Crippen LogP contribution in [0.3, 0.4) is 0 Å². The molecule has 0 saturated heterocycles. The van der Waals surface area contributed by atoms with Crippen molar-refractivity contribution in [2.75, 3.05) is 13.7 Å². The molecule has 1 aliphatic rings. The number of amidine groups is 1. The van der Waals surface area contributed by atoms with Gasteiger partial charge in [-0.1, -0.05) is 0 Å². The first-order valence-corrected chi connectivity index (χ1v) is 6.07. The molecule has 1 heterocycles. The molecule has 1 aliphatic heterocycles. The van der Waals surface area contributed by atoms with Crippen LogP contribution in [0.4, 0.5) is 0 Å². The van der Waals surface area contributed by atoms with Gasteiger partial charge < -0.3 is 20.5 Å². The van der Waals surface area contributed by atoms with Gasteiger partial charge in [-0.25, -0.2) is 0 Å². The molecule has 1 atom stereocenters. The minimum absolute atomic E-state index is 0.156. The number of nitrogens with one attached hydrogen (secondary N) is 1. The summed E-state index contributed by atoms with van der Waals surface area (Å²) in [5.41, 5.74) is 5.91. The van der Waals surface area contributed by atoms with Gasteiger partial charge in [-0.05, 0) is 25.1 Å². The van der Waals surface area contributed by atoms with Gasteiger partial charge in [0.25, 0.3) is 11.8 Å². The normalized spacial score (nSPS) is 18.4. The standard InChI is InChI=1S/C13H15N3O4/c1-3-20-8-5-4-7(6-9(8)19-2)11-15-12(17)10(14)13(18)16-11/h4-6,10H,3,14H2,1-2H3,(H,15,16,17,18). The first-order chi connectivity index (χ1) is 9.56. The molecule has 0 radical (unpaired) electrons. The van der Waals surface area contributed by atoms with Crippen LogP contribution in [0.15, 0.2) is 23.2 Å². The van der Waals surface area contributed by atoms with E-state index in [1.54, 1.807) is 18.2 Å². The lowest BCUT2D eigenvalue weighted by atomic mass is 10.1. The average molecular weight is 277 g/mol. The molecule has 2 amide bonds. The van der Waals surface area contributed by atoms with Crippen molar-refractivity contribution in [1.82, 2.24) is 5.32 Å². The van der Waals surface area contributed by atoms with Gasteiger partial charge in [0.15, 0.2) is 17.5 Å². The first kappa shape index (κ1) is 14.0. The summed E-state index contributed by atoms with van der Waals surface area (Å²) in [4.78, 5) is 26.8. The van der Waals surface area contributed by atoms with E-state index in [9.17, 15) is 9.59 Å². The van der Waals surface area contributed by atoms with Crippen molar-refractivity contribution in [2.24, 2.45) is 10.7 Å². The summed E-state index contributed by atoms with van der Waals surface area (Å²) in [6.45, 7) is 2.36. The molecule has 1 aromatic carbocycles. The highest BCUT2D eigenvalue weighted by Crippen LogP contribution is 2.28. The van der Waals surface area contributed by atoms with E-state index >= 15 is 0 Å². The van der Waals surface area contributed by atoms with Crippen LogP contribution in [-0.2, 0) is 9.59 Å². The molecule has 7 heteroatoms. The fraction of sp³-hybridized carbons (Fsp3) is 0.308. The summed E-state index contributed by atoms with van der Waals surface area (Å²) in [6.07, 6.45) is 0. The number of hydrogen-bond donors (Lipinski definition) is 2. The van der Waals surface area contributed by atoms with Crippen LogP contribution in [0, 0.1) is 0 Å². The van der Waals surface area contributed by atoms with Crippen LogP contribution < -0.4 is 20.5 Å². The zero-order valence-corrected chi connectivity index (χ0v) is 11.2. The Hall–Kier alpha value is -2.41. The highest BCUT2D eigenvalue weighted by molar-refractivity contribution is 6.22. The number of methoxy groups -OCH3 is 1. The van der Waals surface area contributed by atoms with Crippen molar-refractivity contribution in [3.8, 4) is 11.5 Å². The van der Waals surface area contributed by atoms with Crippen LogP contribution in [0.2, 0.25) is 0 Å². The predicted molar refractivity (Wildman–Crippen MR) is 71.8 cm³/mol. The van der Waals surface area contributed by atoms with E-state index < -0.39 is 17.9 Å². The SMILES string of the molecule is CCOc1ccc(C2=NC(=O)C(N)C(=O)N2)cc1OC. The Morgan fingerprint density at radius 1 is 1.35 bits per heavy atom. The Labute approximate surface area is 115 Å². The predicted octanol–water partition coefficient (Wildman–Crippen LogP) is -0.176. The smallest absolute Gasteiger partial charge is 0.274 e. The zero-order chi connectivity index (χ0) is 14.7. The number of ether oxygens (including phenoxy) is 2. The summed E-state index contributed by atoms with van der Waals surface area (Å²) in [6, 6.07) is 3.75. The molecule has 1 aromatic rings. The molecule has 7 nitrogen and oxygen atoms in total. The summed E-state index contributed by atoms with van der Waals surface area (Å²) in [7, 11) is 1.50. The topological polar surface area (TPSA) is 103 Å². The molecule has 0 spiro atoms. The van der Waals surface area contributed by atoms with Crippen molar-refractivity contribution < 1.29 is 19.1 Å². The quantitative estimate of drug-likeness (QED) is 0.743. The van der Waals surface area contributed by atoms with Gasteiger partial charge in [0.1, 0.15) is 5.84 Å². The second-order valence-electron chi connectivity index (χ2n) is 4.06. The lowest BCUT2D eigenvalue weighted by Gasteiger charge is -2.18. The van der Waals surface area contributed by atoms with Crippen LogP contribution >= 0.6 is 0 Å². The Morgan fingerprint density at radius 3 is 2.70 bits per heavy atom. The lowest BCUT2D eigenvalue weighted by molar-refractivity contribution is -0.129. The van der Waals surface area contributed by atoms with E-state index in [-0.39, 0.29) is 5.84 Å². The number of benzene rings is 1. The molecule has 0 saturated carbocycles. The molecule has 1 unspecified atom stereocenters. The van der Waals surface area contributed by atoms with Gasteiger partial charge in [0.2, 0.25) is 0 Å². The Morgan fingerprint density at radius 2 is 2.10 bits per heavy atom. The molecule has 0 fully saturated rings. The molecule has 2 rings (SSSR count). The van der Waals surface area contributed by atoms with Crippen LogP contribution in [0.25, 0.3) is 0 Å². The fourth-order valence-corrected chi connectivity index (χ4v) is 1.74. The van der Waals surface area contributed by atoms with Crippen molar-refractivity contribution in [3.63, 3.8) is 0 Å². The van der Waals surface area contributed by atoms with Gasteiger partial charge in [-0.2, -0.15) is 4.99 Å². The van der Waals surface area contributed by atoms with E-state index in [0.717, 1.165) is 0 Å². The molecule has 0 aromatic heterocycles.